The summed E-state index contributed by atoms with van der Waals surface area (Å²) in [5, 5.41) is 5.89. The number of hydrogen-bond donors (Lipinski definition) is 2. The van der Waals surface area contributed by atoms with Crippen molar-refractivity contribution in [2.24, 2.45) is 0 Å². The number of halogens is 1. The van der Waals surface area contributed by atoms with Crippen molar-refractivity contribution in [2.45, 2.75) is 5.54 Å². The molecule has 1 fully saturated rings. The van der Waals surface area contributed by atoms with Gasteiger partial charge in [0.05, 0.1) is 19.4 Å². The van der Waals surface area contributed by atoms with Gasteiger partial charge in [0, 0.05) is 0 Å². The van der Waals surface area contributed by atoms with E-state index in [0.717, 1.165) is 0 Å². The van der Waals surface area contributed by atoms with Gasteiger partial charge in [-0.25, -0.2) is 4.98 Å². The third-order valence-corrected chi connectivity index (χ3v) is 2.68. The zero-order valence-electron chi connectivity index (χ0n) is 7.58. The predicted octanol–water partition coefficient (Wildman–Crippen LogP) is 0.263. The lowest BCUT2D eigenvalue weighted by molar-refractivity contribution is -0.135. The summed E-state index contributed by atoms with van der Waals surface area (Å²) in [5.74, 6) is 0.421. The summed E-state index contributed by atoms with van der Waals surface area (Å²) in [5.41, 5.74) is -0.132. The van der Waals surface area contributed by atoms with Gasteiger partial charge in [-0.15, -0.1) is 0 Å². The van der Waals surface area contributed by atoms with Crippen LogP contribution in [0.15, 0.2) is 6.20 Å². The van der Waals surface area contributed by atoms with Crippen LogP contribution >= 0.6 is 11.6 Å². The van der Waals surface area contributed by atoms with Gasteiger partial charge in [0.2, 0.25) is 5.28 Å². The SMILES string of the molecule is O=C1Nc2cnc(Cl)nc2NC12COC2. The number of aromatic nitrogens is 2. The third kappa shape index (κ3) is 1.18. The van der Waals surface area contributed by atoms with Crippen molar-refractivity contribution >= 4 is 29.0 Å². The smallest absolute Gasteiger partial charge is 0.255 e. The van der Waals surface area contributed by atoms with Crippen LogP contribution in [-0.2, 0) is 9.53 Å². The number of hydrogen-bond acceptors (Lipinski definition) is 5. The van der Waals surface area contributed by atoms with Crippen molar-refractivity contribution in [3.63, 3.8) is 0 Å². The molecule has 78 valence electrons. The number of nitrogens with one attached hydrogen (secondary N) is 2. The first-order chi connectivity index (χ1) is 7.20. The zero-order valence-corrected chi connectivity index (χ0v) is 8.34. The maximum absolute atomic E-state index is 11.7. The van der Waals surface area contributed by atoms with Gasteiger partial charge in [-0.1, -0.05) is 0 Å². The molecule has 2 aliphatic heterocycles. The largest absolute Gasteiger partial charge is 0.375 e. The van der Waals surface area contributed by atoms with Crippen molar-refractivity contribution < 1.29 is 9.53 Å². The van der Waals surface area contributed by atoms with Gasteiger partial charge in [-0.3, -0.25) is 4.79 Å². The summed E-state index contributed by atoms with van der Waals surface area (Å²) in [6.07, 6.45) is 1.47. The number of carbonyl (C=O) groups excluding carboxylic acids is 1. The van der Waals surface area contributed by atoms with Gasteiger partial charge in [-0.05, 0) is 11.6 Å². The van der Waals surface area contributed by atoms with E-state index in [4.69, 9.17) is 16.3 Å². The van der Waals surface area contributed by atoms with E-state index in [2.05, 4.69) is 20.6 Å². The molecule has 3 heterocycles. The molecule has 15 heavy (non-hydrogen) atoms. The summed E-state index contributed by atoms with van der Waals surface area (Å²) >= 11 is 5.66. The molecule has 1 aromatic rings. The minimum Gasteiger partial charge on any atom is -0.375 e. The van der Waals surface area contributed by atoms with Crippen LogP contribution in [0.4, 0.5) is 11.5 Å². The number of carbonyl (C=O) groups is 1. The first-order valence-corrected chi connectivity index (χ1v) is 4.77. The monoisotopic (exact) mass is 226 g/mol. The third-order valence-electron chi connectivity index (χ3n) is 2.50. The van der Waals surface area contributed by atoms with Crippen LogP contribution < -0.4 is 10.6 Å². The second-order valence-electron chi connectivity index (χ2n) is 3.56. The van der Waals surface area contributed by atoms with Crippen LogP contribution in [0.25, 0.3) is 0 Å². The molecule has 0 saturated carbocycles. The Bertz CT molecular complexity index is 446. The van der Waals surface area contributed by atoms with Crippen molar-refractivity contribution in [1.29, 1.82) is 0 Å². The lowest BCUT2D eigenvalue weighted by Gasteiger charge is -2.43. The average molecular weight is 227 g/mol. The topological polar surface area (TPSA) is 76.1 Å². The standard InChI is InChI=1S/C8H7ClN4O2/c9-7-10-1-4-5(12-7)13-8(2-15-3-8)6(14)11-4/h1H,2-3H2,(H,11,14)(H,10,12,13). The molecule has 0 aromatic carbocycles. The van der Waals surface area contributed by atoms with Crippen LogP contribution in [0.1, 0.15) is 0 Å². The van der Waals surface area contributed by atoms with E-state index in [9.17, 15) is 4.79 Å². The molecule has 7 heteroatoms. The van der Waals surface area contributed by atoms with Crippen LogP contribution in [0.2, 0.25) is 5.28 Å². The Morgan fingerprint density at radius 2 is 2.33 bits per heavy atom. The highest BCUT2D eigenvalue weighted by molar-refractivity contribution is 6.28. The fourth-order valence-electron chi connectivity index (χ4n) is 1.58. The van der Waals surface area contributed by atoms with Crippen LogP contribution in [0.5, 0.6) is 0 Å². The lowest BCUT2D eigenvalue weighted by atomic mass is 9.94. The van der Waals surface area contributed by atoms with Crippen molar-refractivity contribution in [3.8, 4) is 0 Å². The Morgan fingerprint density at radius 3 is 3.00 bits per heavy atom. The zero-order chi connectivity index (χ0) is 10.5. The Balaban J connectivity index is 2.03. The molecule has 0 unspecified atom stereocenters. The quantitative estimate of drug-likeness (QED) is 0.621. The second kappa shape index (κ2) is 2.80. The Kier molecular flexibility index (Phi) is 1.66. The van der Waals surface area contributed by atoms with E-state index in [1.54, 1.807) is 0 Å². The number of fused-ring (bicyclic) bond motifs is 1. The van der Waals surface area contributed by atoms with E-state index in [1.807, 2.05) is 0 Å². The molecular weight excluding hydrogens is 220 g/mol. The van der Waals surface area contributed by atoms with Gasteiger partial charge in [-0.2, -0.15) is 4.98 Å². The van der Waals surface area contributed by atoms with Crippen molar-refractivity contribution in [1.82, 2.24) is 9.97 Å². The van der Waals surface area contributed by atoms with Crippen LogP contribution in [-0.4, -0.2) is 34.6 Å². The normalized spacial score (nSPS) is 21.3. The van der Waals surface area contributed by atoms with Crippen molar-refractivity contribution in [3.05, 3.63) is 11.5 Å². The van der Waals surface area contributed by atoms with Gasteiger partial charge in [0.15, 0.2) is 11.4 Å². The molecule has 0 aliphatic carbocycles. The fraction of sp³-hybridized carbons (Fsp3) is 0.375. The maximum Gasteiger partial charge on any atom is 0.255 e. The molecule has 3 rings (SSSR count). The maximum atomic E-state index is 11.7. The number of nitrogens with zero attached hydrogens (tertiary/aromatic N) is 2. The van der Waals surface area contributed by atoms with Gasteiger partial charge >= 0.3 is 0 Å². The van der Waals surface area contributed by atoms with E-state index in [-0.39, 0.29) is 11.2 Å². The van der Waals surface area contributed by atoms with E-state index < -0.39 is 5.54 Å². The molecule has 1 spiro atoms. The summed E-state index contributed by atoms with van der Waals surface area (Å²) in [4.78, 5) is 19.5. The molecule has 2 N–H and O–H groups in total. The highest BCUT2D eigenvalue weighted by Crippen LogP contribution is 2.33. The molecule has 0 radical (unpaired) electrons. The molecule has 6 nitrogen and oxygen atoms in total. The second-order valence-corrected chi connectivity index (χ2v) is 3.89. The Hall–Kier alpha value is -1.40. The number of amides is 1. The number of ether oxygens (including phenoxy) is 1. The molecule has 0 atom stereocenters. The summed E-state index contributed by atoms with van der Waals surface area (Å²) < 4.78 is 5.03. The highest BCUT2D eigenvalue weighted by atomic mass is 35.5. The van der Waals surface area contributed by atoms with E-state index >= 15 is 0 Å². The Morgan fingerprint density at radius 1 is 1.53 bits per heavy atom. The van der Waals surface area contributed by atoms with E-state index in [1.165, 1.54) is 6.20 Å². The highest BCUT2D eigenvalue weighted by Gasteiger charge is 2.49. The summed E-state index contributed by atoms with van der Waals surface area (Å²) in [6, 6.07) is 0. The Labute approximate surface area is 90.0 Å². The number of rotatable bonds is 0. The molecule has 1 saturated heterocycles. The molecular formula is C8H7ClN4O2. The van der Waals surface area contributed by atoms with E-state index in [0.29, 0.717) is 24.7 Å². The molecule has 2 aliphatic rings. The van der Waals surface area contributed by atoms with Crippen molar-refractivity contribution in [2.75, 3.05) is 23.8 Å². The fourth-order valence-corrected chi connectivity index (χ4v) is 1.72. The van der Waals surface area contributed by atoms with Gasteiger partial charge in [0.1, 0.15) is 5.69 Å². The van der Waals surface area contributed by atoms with Crippen LogP contribution in [0, 0.1) is 0 Å². The molecule has 1 aromatic heterocycles. The molecule has 0 bridgehead atoms. The first kappa shape index (κ1) is 8.87. The van der Waals surface area contributed by atoms with Crippen LogP contribution in [0.3, 0.4) is 0 Å². The summed E-state index contributed by atoms with van der Waals surface area (Å²) in [6.45, 7) is 0.694. The number of anilines is 2. The average Bonchev–Trinajstić information content (AvgIpc) is 2.15. The molecule has 1 amide bonds. The summed E-state index contributed by atoms with van der Waals surface area (Å²) in [7, 11) is 0. The van der Waals surface area contributed by atoms with Gasteiger partial charge < -0.3 is 15.4 Å². The minimum atomic E-state index is -0.676. The first-order valence-electron chi connectivity index (χ1n) is 4.40. The minimum absolute atomic E-state index is 0.118. The lowest BCUT2D eigenvalue weighted by Crippen LogP contribution is -2.65. The predicted molar refractivity (Wildman–Crippen MR) is 52.8 cm³/mol. The van der Waals surface area contributed by atoms with Gasteiger partial charge in [0.25, 0.3) is 5.91 Å².